The average molecular weight is 271 g/mol. The topological polar surface area (TPSA) is 51.6 Å². The number of ether oxygens (including phenoxy) is 2. The molecule has 1 aromatic carbocycles. The van der Waals surface area contributed by atoms with Crippen molar-refractivity contribution in [1.82, 2.24) is 4.98 Å². The molecule has 0 unspecified atom stereocenters. The lowest BCUT2D eigenvalue weighted by Gasteiger charge is -2.11. The summed E-state index contributed by atoms with van der Waals surface area (Å²) in [6.07, 6.45) is 3.88. The van der Waals surface area contributed by atoms with Gasteiger partial charge in [-0.3, -0.25) is 4.98 Å². The van der Waals surface area contributed by atoms with Gasteiger partial charge in [0.05, 0.1) is 14.2 Å². The number of hydrogen-bond acceptors (Lipinski definition) is 4. The van der Waals surface area contributed by atoms with Crippen LogP contribution in [0.4, 0.5) is 0 Å². The molecule has 0 aliphatic rings. The van der Waals surface area contributed by atoms with Crippen molar-refractivity contribution in [3.63, 3.8) is 0 Å². The van der Waals surface area contributed by atoms with Gasteiger partial charge in [0.1, 0.15) is 11.5 Å². The van der Waals surface area contributed by atoms with Crippen molar-refractivity contribution >= 4 is 5.76 Å². The van der Waals surface area contributed by atoms with Crippen LogP contribution >= 0.6 is 0 Å². The van der Waals surface area contributed by atoms with Crippen molar-refractivity contribution in [2.75, 3.05) is 14.2 Å². The van der Waals surface area contributed by atoms with Crippen LogP contribution in [0.2, 0.25) is 0 Å². The molecule has 1 N–H and O–H groups in total. The largest absolute Gasteiger partial charge is 0.506 e. The summed E-state index contributed by atoms with van der Waals surface area (Å²) in [6, 6.07) is 11.1. The Kier molecular flexibility index (Phi) is 4.60. The number of rotatable bonds is 5. The van der Waals surface area contributed by atoms with E-state index in [9.17, 15) is 5.11 Å². The second-order valence-electron chi connectivity index (χ2n) is 4.16. The first-order valence-electron chi connectivity index (χ1n) is 6.26. The van der Waals surface area contributed by atoms with Gasteiger partial charge < -0.3 is 14.6 Å². The summed E-state index contributed by atoms with van der Waals surface area (Å²) < 4.78 is 10.6. The lowest BCUT2D eigenvalue weighted by molar-refractivity contribution is 0.352. The minimum absolute atomic E-state index is 0.149. The number of aliphatic hydroxyl groups excluding tert-OH is 1. The van der Waals surface area contributed by atoms with E-state index in [0.29, 0.717) is 23.6 Å². The van der Waals surface area contributed by atoms with Gasteiger partial charge in [-0.1, -0.05) is 18.2 Å². The molecular weight excluding hydrogens is 254 g/mol. The minimum atomic E-state index is 0.149. The van der Waals surface area contributed by atoms with Crippen LogP contribution in [-0.4, -0.2) is 24.3 Å². The lowest BCUT2D eigenvalue weighted by Crippen LogP contribution is -1.96. The van der Waals surface area contributed by atoms with E-state index in [-0.39, 0.29) is 5.76 Å². The third kappa shape index (κ3) is 3.09. The normalized spacial score (nSPS) is 11.2. The number of nitrogens with zero attached hydrogens (tertiary/aromatic N) is 1. The maximum absolute atomic E-state index is 10.00. The van der Waals surface area contributed by atoms with Crippen molar-refractivity contribution in [2.45, 2.75) is 6.42 Å². The summed E-state index contributed by atoms with van der Waals surface area (Å²) in [5.74, 6) is 1.51. The Hall–Kier alpha value is -2.49. The zero-order valence-corrected chi connectivity index (χ0v) is 11.5. The third-order valence-electron chi connectivity index (χ3n) is 2.93. The predicted octanol–water partition coefficient (Wildman–Crippen LogP) is 3.24. The highest BCUT2D eigenvalue weighted by molar-refractivity contribution is 5.56. The molecule has 104 valence electrons. The number of methoxy groups -OCH3 is 2. The molecule has 0 atom stereocenters. The molecular formula is C16H17NO3. The summed E-state index contributed by atoms with van der Waals surface area (Å²) in [7, 11) is 3.20. The van der Waals surface area contributed by atoms with E-state index in [2.05, 4.69) is 4.98 Å². The molecule has 0 amide bonds. The predicted molar refractivity (Wildman–Crippen MR) is 78.1 cm³/mol. The Morgan fingerprint density at radius 3 is 2.65 bits per heavy atom. The van der Waals surface area contributed by atoms with Gasteiger partial charge >= 0.3 is 0 Å². The van der Waals surface area contributed by atoms with Crippen molar-refractivity contribution in [3.8, 4) is 11.5 Å². The first-order valence-corrected chi connectivity index (χ1v) is 6.26. The average Bonchev–Trinajstić information content (AvgIpc) is 2.52. The number of allylic oxidation sites excluding steroid dienone is 1. The standard InChI is InChI=1S/C16H17NO3/c1-19-15-8-5-6-12(16(15)20-2)9-10-14(18)13-7-3-4-11-17-13/h3-8,10-11,18H,9H2,1-2H3. The molecule has 0 spiro atoms. The molecule has 1 aromatic heterocycles. The molecule has 0 saturated carbocycles. The highest BCUT2D eigenvalue weighted by atomic mass is 16.5. The van der Waals surface area contributed by atoms with E-state index in [1.54, 1.807) is 32.6 Å². The maximum atomic E-state index is 10.00. The van der Waals surface area contributed by atoms with Crippen molar-refractivity contribution < 1.29 is 14.6 Å². The van der Waals surface area contributed by atoms with Gasteiger partial charge in [-0.05, 0) is 30.7 Å². The monoisotopic (exact) mass is 271 g/mol. The van der Waals surface area contributed by atoms with E-state index in [1.165, 1.54) is 0 Å². The van der Waals surface area contributed by atoms with Crippen LogP contribution in [0.1, 0.15) is 11.3 Å². The number of benzene rings is 1. The summed E-state index contributed by atoms with van der Waals surface area (Å²) in [6.45, 7) is 0. The van der Waals surface area contributed by atoms with Gasteiger partial charge in [0.25, 0.3) is 0 Å². The number of hydrogen-bond donors (Lipinski definition) is 1. The Balaban J connectivity index is 2.23. The van der Waals surface area contributed by atoms with Crippen molar-refractivity contribution in [2.24, 2.45) is 0 Å². The first-order chi connectivity index (χ1) is 9.76. The number of aromatic nitrogens is 1. The summed E-state index contributed by atoms with van der Waals surface area (Å²) in [5.41, 5.74) is 1.49. The zero-order chi connectivity index (χ0) is 14.4. The van der Waals surface area contributed by atoms with Gasteiger partial charge in [-0.15, -0.1) is 0 Å². The van der Waals surface area contributed by atoms with Gasteiger partial charge in [-0.2, -0.15) is 0 Å². The van der Waals surface area contributed by atoms with Crippen molar-refractivity contribution in [1.29, 1.82) is 0 Å². The molecule has 0 aliphatic heterocycles. The fourth-order valence-electron chi connectivity index (χ4n) is 1.94. The molecule has 0 fully saturated rings. The van der Waals surface area contributed by atoms with E-state index in [4.69, 9.17) is 9.47 Å². The quantitative estimate of drug-likeness (QED) is 0.848. The smallest absolute Gasteiger partial charge is 0.164 e. The van der Waals surface area contributed by atoms with Crippen LogP contribution in [0.25, 0.3) is 5.76 Å². The van der Waals surface area contributed by atoms with Crippen LogP contribution in [0, 0.1) is 0 Å². The first kappa shape index (κ1) is 13.9. The van der Waals surface area contributed by atoms with E-state index < -0.39 is 0 Å². The highest BCUT2D eigenvalue weighted by Gasteiger charge is 2.08. The molecule has 20 heavy (non-hydrogen) atoms. The molecule has 0 aliphatic carbocycles. The van der Waals surface area contributed by atoms with E-state index >= 15 is 0 Å². The SMILES string of the molecule is COc1cccc(CC=C(O)c2ccccn2)c1OC. The summed E-state index contributed by atoms with van der Waals surface area (Å²) in [4.78, 5) is 4.09. The maximum Gasteiger partial charge on any atom is 0.164 e. The fraction of sp³-hybridized carbons (Fsp3) is 0.188. The molecule has 0 saturated heterocycles. The molecule has 4 heteroatoms. The number of para-hydroxylation sites is 1. The number of aliphatic hydroxyl groups is 1. The van der Waals surface area contributed by atoms with Crippen molar-refractivity contribution in [3.05, 3.63) is 59.9 Å². The van der Waals surface area contributed by atoms with Gasteiger partial charge in [-0.25, -0.2) is 0 Å². The summed E-state index contributed by atoms with van der Waals surface area (Å²) >= 11 is 0. The molecule has 4 nitrogen and oxygen atoms in total. The molecule has 2 aromatic rings. The highest BCUT2D eigenvalue weighted by Crippen LogP contribution is 2.31. The Morgan fingerprint density at radius 1 is 1.15 bits per heavy atom. The zero-order valence-electron chi connectivity index (χ0n) is 11.5. The van der Waals surface area contributed by atoms with Crippen LogP contribution in [0.3, 0.4) is 0 Å². The van der Waals surface area contributed by atoms with Crippen LogP contribution < -0.4 is 9.47 Å². The van der Waals surface area contributed by atoms with Crippen LogP contribution in [0.5, 0.6) is 11.5 Å². The Morgan fingerprint density at radius 2 is 2.00 bits per heavy atom. The van der Waals surface area contributed by atoms with Crippen LogP contribution in [-0.2, 0) is 6.42 Å². The Labute approximate surface area is 118 Å². The van der Waals surface area contributed by atoms with Gasteiger partial charge in [0.15, 0.2) is 11.5 Å². The lowest BCUT2D eigenvalue weighted by atomic mass is 10.1. The third-order valence-corrected chi connectivity index (χ3v) is 2.93. The Bertz CT molecular complexity index is 594. The molecule has 2 rings (SSSR count). The van der Waals surface area contributed by atoms with E-state index in [1.807, 2.05) is 30.3 Å². The molecule has 0 radical (unpaired) electrons. The van der Waals surface area contributed by atoms with Gasteiger partial charge in [0.2, 0.25) is 0 Å². The fourth-order valence-corrected chi connectivity index (χ4v) is 1.94. The summed E-state index contributed by atoms with van der Waals surface area (Å²) in [5, 5.41) is 10.00. The van der Waals surface area contributed by atoms with E-state index in [0.717, 1.165) is 5.56 Å². The second kappa shape index (κ2) is 6.61. The van der Waals surface area contributed by atoms with Crippen LogP contribution in [0.15, 0.2) is 48.7 Å². The number of pyridine rings is 1. The molecule has 1 heterocycles. The van der Waals surface area contributed by atoms with Gasteiger partial charge in [0, 0.05) is 11.8 Å². The molecule has 0 bridgehead atoms. The minimum Gasteiger partial charge on any atom is -0.506 e. The second-order valence-corrected chi connectivity index (χ2v) is 4.16.